The van der Waals surface area contributed by atoms with Crippen molar-refractivity contribution in [3.8, 4) is 5.75 Å². The Morgan fingerprint density at radius 1 is 1.27 bits per heavy atom. The number of halogens is 3. The first-order valence-electron chi connectivity index (χ1n) is 9.80. The van der Waals surface area contributed by atoms with Crippen LogP contribution in [0.1, 0.15) is 9.67 Å². The number of amides is 3. The molecule has 2 aliphatic heterocycles. The van der Waals surface area contributed by atoms with E-state index in [1.807, 2.05) is 0 Å². The van der Waals surface area contributed by atoms with Gasteiger partial charge in [-0.05, 0) is 24.3 Å². The van der Waals surface area contributed by atoms with Gasteiger partial charge in [-0.3, -0.25) is 14.5 Å². The molecule has 0 saturated carbocycles. The van der Waals surface area contributed by atoms with Crippen LogP contribution in [-0.2, 0) is 14.3 Å². The van der Waals surface area contributed by atoms with E-state index < -0.39 is 18.8 Å². The van der Waals surface area contributed by atoms with Gasteiger partial charge in [-0.2, -0.15) is 8.78 Å². The Bertz CT molecular complexity index is 1070. The number of rotatable bonds is 7. The third kappa shape index (κ3) is 5.34. The summed E-state index contributed by atoms with van der Waals surface area (Å²) in [5, 5.41) is 2.65. The fraction of sp³-hybridized carbons (Fsp3) is 0.350. The van der Waals surface area contributed by atoms with E-state index in [2.05, 4.69) is 10.1 Å². The Morgan fingerprint density at radius 3 is 2.79 bits per heavy atom. The van der Waals surface area contributed by atoms with Crippen LogP contribution in [-0.4, -0.2) is 63.5 Å². The summed E-state index contributed by atoms with van der Waals surface area (Å²) in [6.45, 7) is -2.68. The van der Waals surface area contributed by atoms with Crippen LogP contribution in [0.5, 0.6) is 5.75 Å². The molecule has 2 saturated heterocycles. The second kappa shape index (κ2) is 9.89. The number of carbonyl (C=O) groups excluding carboxylic acids is 3. The van der Waals surface area contributed by atoms with Gasteiger partial charge in [0.2, 0.25) is 0 Å². The first kappa shape index (κ1) is 23.2. The maximum atomic E-state index is 13.1. The molecule has 176 valence electrons. The number of anilines is 2. The molecule has 2 aromatic rings. The molecule has 0 bridgehead atoms. The average Bonchev–Trinajstić information content (AvgIpc) is 3.37. The molecule has 2 fully saturated rings. The molecule has 0 aliphatic carbocycles. The number of benzene rings is 1. The van der Waals surface area contributed by atoms with Gasteiger partial charge >= 0.3 is 12.7 Å². The molecule has 9 nitrogen and oxygen atoms in total. The van der Waals surface area contributed by atoms with Crippen LogP contribution in [0.2, 0.25) is 4.34 Å². The molecular weight excluding hydrogens is 484 g/mol. The number of thiophene rings is 1. The Labute approximate surface area is 195 Å². The van der Waals surface area contributed by atoms with Gasteiger partial charge in [0.15, 0.2) is 5.75 Å². The average molecular weight is 502 g/mol. The Balaban J connectivity index is 1.48. The lowest BCUT2D eigenvalue weighted by Crippen LogP contribution is -2.41. The van der Waals surface area contributed by atoms with Crippen LogP contribution in [0.4, 0.5) is 25.0 Å². The second-order valence-electron chi connectivity index (χ2n) is 7.06. The predicted octanol–water partition coefficient (Wildman–Crippen LogP) is 3.12. The topological polar surface area (TPSA) is 97.4 Å². The van der Waals surface area contributed by atoms with E-state index in [1.54, 1.807) is 12.1 Å². The number of nitrogens with one attached hydrogen (secondary N) is 1. The second-order valence-corrected chi connectivity index (χ2v) is 8.77. The Hall–Kier alpha value is -2.96. The molecule has 1 aromatic heterocycles. The predicted molar refractivity (Wildman–Crippen MR) is 116 cm³/mol. The number of nitrogens with zero attached hydrogens (tertiary/aromatic N) is 2. The van der Waals surface area contributed by atoms with Crippen LogP contribution in [0.3, 0.4) is 0 Å². The molecular formula is C20H18ClF2N3O6S. The van der Waals surface area contributed by atoms with Crippen molar-refractivity contribution in [3.63, 3.8) is 0 Å². The number of morpholine rings is 1. The molecule has 3 amide bonds. The third-order valence-corrected chi connectivity index (χ3v) is 6.14. The van der Waals surface area contributed by atoms with Gasteiger partial charge in [0.1, 0.15) is 12.7 Å². The van der Waals surface area contributed by atoms with Gasteiger partial charge in [-0.15, -0.1) is 11.3 Å². The largest absolute Gasteiger partial charge is 0.442 e. The fourth-order valence-corrected chi connectivity index (χ4v) is 4.39. The molecule has 33 heavy (non-hydrogen) atoms. The van der Waals surface area contributed by atoms with Crippen molar-refractivity contribution >= 4 is 52.2 Å². The summed E-state index contributed by atoms with van der Waals surface area (Å²) in [6.07, 6.45) is -1.49. The van der Waals surface area contributed by atoms with Crippen molar-refractivity contribution in [1.82, 2.24) is 5.32 Å². The fourth-order valence-electron chi connectivity index (χ4n) is 3.43. The summed E-state index contributed by atoms with van der Waals surface area (Å²) in [6, 6.07) is 7.38. The van der Waals surface area contributed by atoms with Crippen molar-refractivity contribution in [2.75, 3.05) is 42.6 Å². The highest BCUT2D eigenvalue weighted by Crippen LogP contribution is 2.36. The molecule has 13 heteroatoms. The summed E-state index contributed by atoms with van der Waals surface area (Å²) in [7, 11) is 0. The maximum absolute atomic E-state index is 13.1. The van der Waals surface area contributed by atoms with Gasteiger partial charge in [0, 0.05) is 18.3 Å². The lowest BCUT2D eigenvalue weighted by atomic mass is 10.2. The summed E-state index contributed by atoms with van der Waals surface area (Å²) in [5.41, 5.74) is 0.400. The first-order valence-corrected chi connectivity index (χ1v) is 11.0. The third-order valence-electron chi connectivity index (χ3n) is 4.91. The highest BCUT2D eigenvalue weighted by Gasteiger charge is 2.35. The van der Waals surface area contributed by atoms with Crippen LogP contribution < -0.4 is 19.9 Å². The van der Waals surface area contributed by atoms with Crippen molar-refractivity contribution < 1.29 is 37.4 Å². The highest BCUT2D eigenvalue weighted by atomic mass is 35.5. The van der Waals surface area contributed by atoms with Crippen molar-refractivity contribution in [2.24, 2.45) is 0 Å². The van der Waals surface area contributed by atoms with Crippen molar-refractivity contribution in [1.29, 1.82) is 0 Å². The molecule has 1 atom stereocenters. The van der Waals surface area contributed by atoms with Gasteiger partial charge in [0.05, 0.1) is 34.6 Å². The van der Waals surface area contributed by atoms with Crippen LogP contribution in [0.25, 0.3) is 0 Å². The van der Waals surface area contributed by atoms with E-state index in [1.165, 1.54) is 23.1 Å². The number of hydrogen-bond acceptors (Lipinski definition) is 7. The monoisotopic (exact) mass is 501 g/mol. The van der Waals surface area contributed by atoms with Gasteiger partial charge in [-0.25, -0.2) is 4.79 Å². The standard InChI is InChI=1S/C20H18ClF2N3O6S/c21-16-4-3-15(33-16)18(28)24-8-12-9-26(20(29)31-12)13-2-1-11(7-14(13)32-19(22)23)25-5-6-30-10-17(25)27/h1-4,7,12,19H,5-6,8-10H2,(H,24,28). The Morgan fingerprint density at radius 2 is 2.09 bits per heavy atom. The van der Waals surface area contributed by atoms with E-state index in [9.17, 15) is 23.2 Å². The van der Waals surface area contributed by atoms with Crippen molar-refractivity contribution in [2.45, 2.75) is 12.7 Å². The summed E-state index contributed by atoms with van der Waals surface area (Å²) >= 11 is 6.94. The van der Waals surface area contributed by atoms with E-state index in [0.29, 0.717) is 21.5 Å². The molecule has 1 unspecified atom stereocenters. The molecule has 4 rings (SSSR count). The number of hydrogen-bond donors (Lipinski definition) is 1. The van der Waals surface area contributed by atoms with E-state index in [4.69, 9.17) is 21.1 Å². The maximum Gasteiger partial charge on any atom is 0.414 e. The lowest BCUT2D eigenvalue weighted by Gasteiger charge is -2.28. The number of carbonyl (C=O) groups is 3. The minimum atomic E-state index is -3.15. The minimum absolute atomic E-state index is 0.000258. The van der Waals surface area contributed by atoms with Crippen LogP contribution in [0, 0.1) is 0 Å². The van der Waals surface area contributed by atoms with Crippen LogP contribution in [0.15, 0.2) is 30.3 Å². The molecule has 3 heterocycles. The number of cyclic esters (lactones) is 1. The van der Waals surface area contributed by atoms with E-state index in [0.717, 1.165) is 16.2 Å². The van der Waals surface area contributed by atoms with Gasteiger partial charge < -0.3 is 24.4 Å². The smallest absolute Gasteiger partial charge is 0.414 e. The number of alkyl halides is 2. The SMILES string of the molecule is O=C(NCC1CN(c2ccc(N3CCOCC3=O)cc2OC(F)F)C(=O)O1)c1ccc(Cl)s1. The summed E-state index contributed by atoms with van der Waals surface area (Å²) in [5.74, 6) is -0.972. The normalized spacial score (nSPS) is 18.6. The van der Waals surface area contributed by atoms with Crippen molar-refractivity contribution in [3.05, 3.63) is 39.5 Å². The molecule has 1 N–H and O–H groups in total. The highest BCUT2D eigenvalue weighted by molar-refractivity contribution is 7.18. The summed E-state index contributed by atoms with van der Waals surface area (Å²) < 4.78 is 41.6. The number of ether oxygens (including phenoxy) is 3. The van der Waals surface area contributed by atoms with Gasteiger partial charge in [-0.1, -0.05) is 11.6 Å². The van der Waals surface area contributed by atoms with Crippen LogP contribution >= 0.6 is 22.9 Å². The summed E-state index contributed by atoms with van der Waals surface area (Å²) in [4.78, 5) is 39.6. The lowest BCUT2D eigenvalue weighted by molar-refractivity contribution is -0.125. The Kier molecular flexibility index (Phi) is 6.96. The zero-order chi connectivity index (χ0) is 23.5. The molecule has 0 radical (unpaired) electrons. The minimum Gasteiger partial charge on any atom is -0.442 e. The molecule has 2 aliphatic rings. The first-order chi connectivity index (χ1) is 15.8. The van der Waals surface area contributed by atoms with E-state index in [-0.39, 0.29) is 49.5 Å². The molecule has 0 spiro atoms. The zero-order valence-electron chi connectivity index (χ0n) is 17.0. The molecule has 1 aromatic carbocycles. The van der Waals surface area contributed by atoms with Gasteiger partial charge in [0.25, 0.3) is 11.8 Å². The van der Waals surface area contributed by atoms with E-state index >= 15 is 0 Å². The zero-order valence-corrected chi connectivity index (χ0v) is 18.5. The quantitative estimate of drug-likeness (QED) is 0.626.